The lowest BCUT2D eigenvalue weighted by Gasteiger charge is -2.29. The van der Waals surface area contributed by atoms with Crippen LogP contribution < -0.4 is 5.32 Å². The number of nitrogens with one attached hydrogen (secondary N) is 1. The molecule has 0 aliphatic carbocycles. The van der Waals surface area contributed by atoms with Gasteiger partial charge in [-0.2, -0.15) is 0 Å². The zero-order valence-corrected chi connectivity index (χ0v) is 14.7. The van der Waals surface area contributed by atoms with Crippen LogP contribution in [-0.4, -0.2) is 46.6 Å². The van der Waals surface area contributed by atoms with Crippen molar-refractivity contribution in [3.63, 3.8) is 0 Å². The van der Waals surface area contributed by atoms with E-state index < -0.39 is 0 Å². The number of nitrogens with zero attached hydrogens (tertiary/aromatic N) is 2. The molecule has 1 aromatic heterocycles. The van der Waals surface area contributed by atoms with Gasteiger partial charge in [-0.1, -0.05) is 25.6 Å². The highest BCUT2D eigenvalue weighted by Crippen LogP contribution is 2.21. The first-order valence-electron chi connectivity index (χ1n) is 7.69. The molecule has 2 amide bonds. The van der Waals surface area contributed by atoms with Gasteiger partial charge in [0, 0.05) is 36.8 Å². The fourth-order valence-corrected chi connectivity index (χ4v) is 4.24. The van der Waals surface area contributed by atoms with Crippen LogP contribution in [0.4, 0.5) is 0 Å². The Hall–Kier alpha value is -1.08. The van der Waals surface area contributed by atoms with Gasteiger partial charge in [-0.25, -0.2) is 4.98 Å². The minimum Gasteiger partial charge on any atom is -0.354 e. The molecule has 0 aromatic carbocycles. The number of hydrogen-bond acceptors (Lipinski definition) is 5. The van der Waals surface area contributed by atoms with E-state index in [1.54, 1.807) is 34.2 Å². The normalized spacial score (nSPS) is 16.3. The minimum absolute atomic E-state index is 0.0236. The maximum Gasteiger partial charge on any atom is 0.243 e. The summed E-state index contributed by atoms with van der Waals surface area (Å²) in [6, 6.07) is -0.332. The number of carbonyl (C=O) groups excluding carboxylic acids is 2. The SMILES string of the molecule is CC(C)C(C(=O)NCCCSc1nccs1)N1CCCC1=O. The summed E-state index contributed by atoms with van der Waals surface area (Å²) in [7, 11) is 0. The summed E-state index contributed by atoms with van der Waals surface area (Å²) < 4.78 is 1.06. The van der Waals surface area contributed by atoms with Gasteiger partial charge in [-0.3, -0.25) is 9.59 Å². The molecule has 0 saturated carbocycles. The van der Waals surface area contributed by atoms with Gasteiger partial charge in [0.25, 0.3) is 0 Å². The average Bonchev–Trinajstić information content (AvgIpc) is 3.11. The van der Waals surface area contributed by atoms with Crippen LogP contribution in [0.3, 0.4) is 0 Å². The van der Waals surface area contributed by atoms with Gasteiger partial charge in [-0.05, 0) is 18.8 Å². The highest BCUT2D eigenvalue weighted by Gasteiger charge is 2.34. The number of thiazole rings is 1. The molecule has 1 aliphatic heterocycles. The van der Waals surface area contributed by atoms with Crippen molar-refractivity contribution < 1.29 is 9.59 Å². The number of rotatable bonds is 8. The second-order valence-electron chi connectivity index (χ2n) is 5.67. The molecule has 1 atom stereocenters. The molecule has 1 saturated heterocycles. The Morgan fingerprint density at radius 2 is 2.36 bits per heavy atom. The molecule has 2 heterocycles. The predicted molar refractivity (Wildman–Crippen MR) is 90.0 cm³/mol. The van der Waals surface area contributed by atoms with Crippen molar-refractivity contribution >= 4 is 34.9 Å². The monoisotopic (exact) mass is 341 g/mol. The lowest BCUT2D eigenvalue weighted by Crippen LogP contribution is -2.50. The largest absolute Gasteiger partial charge is 0.354 e. The van der Waals surface area contributed by atoms with E-state index in [-0.39, 0.29) is 23.8 Å². The van der Waals surface area contributed by atoms with Gasteiger partial charge in [0.1, 0.15) is 10.4 Å². The second-order valence-corrected chi connectivity index (χ2v) is 7.91. The van der Waals surface area contributed by atoms with E-state index in [4.69, 9.17) is 0 Å². The summed E-state index contributed by atoms with van der Waals surface area (Å²) in [5, 5.41) is 4.94. The van der Waals surface area contributed by atoms with Crippen LogP contribution in [0.15, 0.2) is 15.9 Å². The van der Waals surface area contributed by atoms with Gasteiger partial charge >= 0.3 is 0 Å². The molecular weight excluding hydrogens is 318 g/mol. The molecule has 0 radical (unpaired) electrons. The molecule has 0 spiro atoms. The summed E-state index contributed by atoms with van der Waals surface area (Å²) in [6.07, 6.45) is 4.13. The Bertz CT molecular complexity index is 491. The maximum atomic E-state index is 12.4. The van der Waals surface area contributed by atoms with Crippen LogP contribution in [0, 0.1) is 5.92 Å². The number of carbonyl (C=O) groups is 2. The highest BCUT2D eigenvalue weighted by atomic mass is 32.2. The van der Waals surface area contributed by atoms with Crippen LogP contribution in [0.2, 0.25) is 0 Å². The Morgan fingerprint density at radius 1 is 1.55 bits per heavy atom. The van der Waals surface area contributed by atoms with E-state index in [1.165, 1.54) is 0 Å². The van der Waals surface area contributed by atoms with Crippen molar-refractivity contribution in [3.8, 4) is 0 Å². The van der Waals surface area contributed by atoms with Gasteiger partial charge < -0.3 is 10.2 Å². The lowest BCUT2D eigenvalue weighted by molar-refractivity contribution is -0.139. The number of aromatic nitrogens is 1. The topological polar surface area (TPSA) is 62.3 Å². The van der Waals surface area contributed by atoms with E-state index in [0.29, 0.717) is 19.5 Å². The van der Waals surface area contributed by atoms with Crippen molar-refractivity contribution in [3.05, 3.63) is 11.6 Å². The second kappa shape index (κ2) is 8.53. The minimum atomic E-state index is -0.332. The molecule has 122 valence electrons. The fourth-order valence-electron chi connectivity index (χ4n) is 2.60. The van der Waals surface area contributed by atoms with Crippen molar-refractivity contribution in [2.75, 3.05) is 18.8 Å². The lowest BCUT2D eigenvalue weighted by atomic mass is 10.0. The molecule has 5 nitrogen and oxygen atoms in total. The van der Waals surface area contributed by atoms with Crippen LogP contribution in [0.25, 0.3) is 0 Å². The maximum absolute atomic E-state index is 12.4. The van der Waals surface area contributed by atoms with Crippen LogP contribution in [-0.2, 0) is 9.59 Å². The summed E-state index contributed by atoms with van der Waals surface area (Å²) in [5.41, 5.74) is 0. The van der Waals surface area contributed by atoms with Gasteiger partial charge in [0.15, 0.2) is 0 Å². The molecule has 22 heavy (non-hydrogen) atoms. The first kappa shape index (κ1) is 17.3. The first-order valence-corrected chi connectivity index (χ1v) is 9.55. The summed E-state index contributed by atoms with van der Waals surface area (Å²) >= 11 is 3.34. The summed E-state index contributed by atoms with van der Waals surface area (Å²) in [6.45, 7) is 5.33. The fraction of sp³-hybridized carbons (Fsp3) is 0.667. The van der Waals surface area contributed by atoms with E-state index in [9.17, 15) is 9.59 Å². The van der Waals surface area contributed by atoms with Crippen molar-refractivity contribution in [2.24, 2.45) is 5.92 Å². The van der Waals surface area contributed by atoms with Crippen molar-refractivity contribution in [2.45, 2.75) is 43.5 Å². The van der Waals surface area contributed by atoms with Crippen LogP contribution >= 0.6 is 23.1 Å². The third kappa shape index (κ3) is 4.71. The quantitative estimate of drug-likeness (QED) is 0.582. The molecule has 1 unspecified atom stereocenters. The molecular formula is C15H23N3O2S2. The average molecular weight is 342 g/mol. The van der Waals surface area contributed by atoms with Crippen molar-refractivity contribution in [1.82, 2.24) is 15.2 Å². The van der Waals surface area contributed by atoms with Gasteiger partial charge in [0.05, 0.1) is 0 Å². The Labute approximate surface area is 139 Å². The Kier molecular flexibility index (Phi) is 6.70. The number of hydrogen-bond donors (Lipinski definition) is 1. The first-order chi connectivity index (χ1) is 10.6. The number of amides is 2. The Balaban J connectivity index is 1.73. The van der Waals surface area contributed by atoms with Crippen LogP contribution in [0.5, 0.6) is 0 Å². The summed E-state index contributed by atoms with van der Waals surface area (Å²) in [4.78, 5) is 30.2. The van der Waals surface area contributed by atoms with Crippen LogP contribution in [0.1, 0.15) is 33.1 Å². The highest BCUT2D eigenvalue weighted by molar-refractivity contribution is 8.00. The van der Waals surface area contributed by atoms with Crippen molar-refractivity contribution in [1.29, 1.82) is 0 Å². The number of likely N-dealkylation sites (tertiary alicyclic amines) is 1. The molecule has 1 N–H and O–H groups in total. The van der Waals surface area contributed by atoms with E-state index in [1.807, 2.05) is 19.2 Å². The molecule has 1 fully saturated rings. The Morgan fingerprint density at radius 3 is 2.95 bits per heavy atom. The zero-order valence-electron chi connectivity index (χ0n) is 13.1. The van der Waals surface area contributed by atoms with E-state index in [2.05, 4.69) is 10.3 Å². The smallest absolute Gasteiger partial charge is 0.243 e. The zero-order chi connectivity index (χ0) is 15.9. The third-order valence-corrected chi connectivity index (χ3v) is 5.65. The summed E-state index contributed by atoms with van der Waals surface area (Å²) in [5.74, 6) is 1.15. The molecule has 7 heteroatoms. The number of thioether (sulfide) groups is 1. The third-order valence-electron chi connectivity index (χ3n) is 3.60. The van der Waals surface area contributed by atoms with Gasteiger partial charge in [-0.15, -0.1) is 11.3 Å². The molecule has 0 bridgehead atoms. The van der Waals surface area contributed by atoms with Gasteiger partial charge in [0.2, 0.25) is 11.8 Å². The standard InChI is InChI=1S/C15H23N3O2S2/c1-11(2)13(18-8-3-5-12(18)19)14(20)16-6-4-9-21-15-17-7-10-22-15/h7,10-11,13H,3-6,8-9H2,1-2H3,(H,16,20). The molecule has 1 aromatic rings. The van der Waals surface area contributed by atoms with E-state index >= 15 is 0 Å². The van der Waals surface area contributed by atoms with E-state index in [0.717, 1.165) is 22.9 Å². The predicted octanol–water partition coefficient (Wildman–Crippen LogP) is 2.39. The molecule has 2 rings (SSSR count). The molecule has 1 aliphatic rings.